The van der Waals surface area contributed by atoms with Gasteiger partial charge in [-0.05, 0) is 57.8 Å². The second kappa shape index (κ2) is 7.81. The van der Waals surface area contributed by atoms with Crippen molar-refractivity contribution in [3.8, 4) is 0 Å². The van der Waals surface area contributed by atoms with Crippen LogP contribution in [0.15, 0.2) is 42.0 Å². The zero-order valence-electron chi connectivity index (χ0n) is 15.5. The van der Waals surface area contributed by atoms with Crippen LogP contribution in [0.4, 0.5) is 0 Å². The Labute approximate surface area is 147 Å². The van der Waals surface area contributed by atoms with Crippen LogP contribution in [-0.2, 0) is 4.74 Å². The molecule has 1 aromatic rings. The van der Waals surface area contributed by atoms with Crippen molar-refractivity contribution in [1.82, 2.24) is 9.80 Å². The molecule has 0 spiro atoms. The van der Waals surface area contributed by atoms with E-state index in [4.69, 9.17) is 4.74 Å². The van der Waals surface area contributed by atoms with E-state index >= 15 is 0 Å². The Morgan fingerprint density at radius 3 is 2.25 bits per heavy atom. The van der Waals surface area contributed by atoms with Crippen LogP contribution >= 0.6 is 0 Å². The monoisotopic (exact) mass is 328 g/mol. The summed E-state index contributed by atoms with van der Waals surface area (Å²) in [4.78, 5) is 5.27. The fourth-order valence-corrected chi connectivity index (χ4v) is 4.37. The third-order valence-corrected chi connectivity index (χ3v) is 5.73. The van der Waals surface area contributed by atoms with Crippen LogP contribution in [0.25, 0.3) is 0 Å². The molecule has 0 bridgehead atoms. The number of morpholine rings is 1. The molecule has 1 unspecified atom stereocenters. The fourth-order valence-electron chi connectivity index (χ4n) is 4.37. The third kappa shape index (κ3) is 3.58. The SMILES string of the molecule is C/C=C(/C(c1ccccc1)N1CCCC1)C(C)(C)N1CCOCC1. The van der Waals surface area contributed by atoms with Gasteiger partial charge in [0.05, 0.1) is 19.3 Å². The van der Waals surface area contributed by atoms with Crippen LogP contribution in [0.1, 0.15) is 45.2 Å². The lowest BCUT2D eigenvalue weighted by Gasteiger charge is -2.46. The van der Waals surface area contributed by atoms with Gasteiger partial charge in [0, 0.05) is 18.6 Å². The molecule has 0 aliphatic carbocycles. The lowest BCUT2D eigenvalue weighted by molar-refractivity contribution is -0.00278. The van der Waals surface area contributed by atoms with Crippen molar-refractivity contribution < 1.29 is 4.74 Å². The quantitative estimate of drug-likeness (QED) is 0.763. The molecule has 0 radical (unpaired) electrons. The molecular weight excluding hydrogens is 296 g/mol. The summed E-state index contributed by atoms with van der Waals surface area (Å²) >= 11 is 0. The normalized spacial score (nSPS) is 22.7. The maximum Gasteiger partial charge on any atom is 0.0594 e. The Hall–Kier alpha value is -1.16. The summed E-state index contributed by atoms with van der Waals surface area (Å²) in [6, 6.07) is 11.4. The van der Waals surface area contributed by atoms with Gasteiger partial charge in [-0.3, -0.25) is 9.80 Å². The van der Waals surface area contributed by atoms with E-state index in [2.05, 4.69) is 67.0 Å². The highest BCUT2D eigenvalue weighted by Gasteiger charge is 2.38. The minimum absolute atomic E-state index is 0.0433. The van der Waals surface area contributed by atoms with E-state index in [0.29, 0.717) is 6.04 Å². The van der Waals surface area contributed by atoms with Crippen molar-refractivity contribution in [1.29, 1.82) is 0 Å². The Morgan fingerprint density at radius 1 is 1.04 bits per heavy atom. The molecule has 0 saturated carbocycles. The number of nitrogens with zero attached hydrogens (tertiary/aromatic N) is 2. The fraction of sp³-hybridized carbons (Fsp3) is 0.619. The highest BCUT2D eigenvalue weighted by atomic mass is 16.5. The van der Waals surface area contributed by atoms with Crippen molar-refractivity contribution in [2.75, 3.05) is 39.4 Å². The van der Waals surface area contributed by atoms with E-state index in [1.165, 1.54) is 37.1 Å². The average molecular weight is 329 g/mol. The summed E-state index contributed by atoms with van der Waals surface area (Å²) in [7, 11) is 0. The molecule has 3 heteroatoms. The van der Waals surface area contributed by atoms with Crippen molar-refractivity contribution in [3.05, 3.63) is 47.5 Å². The maximum absolute atomic E-state index is 5.58. The topological polar surface area (TPSA) is 15.7 Å². The van der Waals surface area contributed by atoms with Crippen LogP contribution in [0.3, 0.4) is 0 Å². The van der Waals surface area contributed by atoms with Gasteiger partial charge in [-0.2, -0.15) is 0 Å². The van der Waals surface area contributed by atoms with Crippen molar-refractivity contribution in [2.24, 2.45) is 0 Å². The standard InChI is InChI=1S/C21H32N2O/c1-4-19(21(2,3)23-14-16-24-17-15-23)20(22-12-8-9-13-22)18-10-6-5-7-11-18/h4-7,10-11,20H,8-9,12-17H2,1-3H3/b19-4-. The molecule has 2 heterocycles. The van der Waals surface area contributed by atoms with Gasteiger partial charge in [-0.15, -0.1) is 0 Å². The molecule has 2 aliphatic rings. The first-order valence-corrected chi connectivity index (χ1v) is 9.43. The molecule has 2 fully saturated rings. The summed E-state index contributed by atoms with van der Waals surface area (Å²) in [6.07, 6.45) is 5.00. The van der Waals surface area contributed by atoms with Crippen molar-refractivity contribution >= 4 is 0 Å². The largest absolute Gasteiger partial charge is 0.379 e. The lowest BCUT2D eigenvalue weighted by Crippen LogP contribution is -2.53. The molecule has 0 amide bonds. The molecule has 0 N–H and O–H groups in total. The summed E-state index contributed by atoms with van der Waals surface area (Å²) in [5.74, 6) is 0. The number of ether oxygens (including phenoxy) is 1. The van der Waals surface area contributed by atoms with Crippen LogP contribution < -0.4 is 0 Å². The molecule has 3 nitrogen and oxygen atoms in total. The van der Waals surface area contributed by atoms with E-state index < -0.39 is 0 Å². The number of likely N-dealkylation sites (tertiary alicyclic amines) is 1. The minimum atomic E-state index is 0.0433. The van der Waals surface area contributed by atoms with Gasteiger partial charge in [0.1, 0.15) is 0 Å². The molecular formula is C21H32N2O. The van der Waals surface area contributed by atoms with E-state index in [1.54, 1.807) is 0 Å². The van der Waals surface area contributed by atoms with Gasteiger partial charge >= 0.3 is 0 Å². The zero-order valence-corrected chi connectivity index (χ0v) is 15.5. The Bertz CT molecular complexity index is 540. The minimum Gasteiger partial charge on any atom is -0.379 e. The van der Waals surface area contributed by atoms with E-state index in [1.807, 2.05) is 0 Å². The molecule has 3 rings (SSSR count). The maximum atomic E-state index is 5.58. The smallest absolute Gasteiger partial charge is 0.0594 e. The number of rotatable bonds is 5. The third-order valence-electron chi connectivity index (χ3n) is 5.73. The van der Waals surface area contributed by atoms with Gasteiger partial charge in [-0.1, -0.05) is 36.4 Å². The second-order valence-electron chi connectivity index (χ2n) is 7.46. The van der Waals surface area contributed by atoms with Crippen LogP contribution in [0.5, 0.6) is 0 Å². The average Bonchev–Trinajstić information content (AvgIpc) is 3.15. The second-order valence-corrected chi connectivity index (χ2v) is 7.46. The lowest BCUT2D eigenvalue weighted by atomic mass is 9.82. The Kier molecular flexibility index (Phi) is 5.75. The molecule has 24 heavy (non-hydrogen) atoms. The van der Waals surface area contributed by atoms with E-state index in [0.717, 1.165) is 26.3 Å². The predicted molar refractivity (Wildman–Crippen MR) is 100 cm³/mol. The first kappa shape index (κ1) is 17.7. The van der Waals surface area contributed by atoms with Crippen LogP contribution in [-0.4, -0.2) is 54.7 Å². The van der Waals surface area contributed by atoms with Crippen LogP contribution in [0, 0.1) is 0 Å². The molecule has 0 aromatic heterocycles. The molecule has 132 valence electrons. The van der Waals surface area contributed by atoms with Gasteiger partial charge in [0.25, 0.3) is 0 Å². The summed E-state index contributed by atoms with van der Waals surface area (Å²) in [5, 5.41) is 0. The predicted octanol–water partition coefficient (Wildman–Crippen LogP) is 3.88. The van der Waals surface area contributed by atoms with Crippen molar-refractivity contribution in [3.63, 3.8) is 0 Å². The van der Waals surface area contributed by atoms with Gasteiger partial charge in [0.15, 0.2) is 0 Å². The Morgan fingerprint density at radius 2 is 1.67 bits per heavy atom. The summed E-state index contributed by atoms with van der Waals surface area (Å²) in [5.41, 5.74) is 2.99. The highest BCUT2D eigenvalue weighted by Crippen LogP contribution is 2.39. The number of allylic oxidation sites excluding steroid dienone is 1. The Balaban J connectivity index is 1.94. The first-order valence-electron chi connectivity index (χ1n) is 9.43. The molecule has 1 aromatic carbocycles. The highest BCUT2D eigenvalue weighted by molar-refractivity contribution is 5.34. The summed E-state index contributed by atoms with van der Waals surface area (Å²) < 4.78 is 5.58. The van der Waals surface area contributed by atoms with Gasteiger partial charge in [-0.25, -0.2) is 0 Å². The first-order chi connectivity index (χ1) is 11.6. The molecule has 2 saturated heterocycles. The zero-order chi connectivity index (χ0) is 17.0. The van der Waals surface area contributed by atoms with Crippen molar-refractivity contribution in [2.45, 2.75) is 45.2 Å². The number of benzene rings is 1. The van der Waals surface area contributed by atoms with E-state index in [-0.39, 0.29) is 5.54 Å². The molecule has 2 aliphatic heterocycles. The number of hydrogen-bond donors (Lipinski definition) is 0. The number of hydrogen-bond acceptors (Lipinski definition) is 3. The van der Waals surface area contributed by atoms with E-state index in [9.17, 15) is 0 Å². The molecule has 1 atom stereocenters. The van der Waals surface area contributed by atoms with Gasteiger partial charge in [0.2, 0.25) is 0 Å². The summed E-state index contributed by atoms with van der Waals surface area (Å²) in [6.45, 7) is 13.1. The van der Waals surface area contributed by atoms with Crippen LogP contribution in [0.2, 0.25) is 0 Å². The van der Waals surface area contributed by atoms with Gasteiger partial charge < -0.3 is 4.74 Å².